The largest absolute Gasteiger partial charge is 0.756 e. The molecular formula is C43H85N2O6P. The number of aliphatic hydroxyl groups excluding tert-OH is 1. The van der Waals surface area contributed by atoms with E-state index in [2.05, 4.69) is 31.3 Å². The monoisotopic (exact) mass is 757 g/mol. The number of rotatable bonds is 39. The van der Waals surface area contributed by atoms with Crippen LogP contribution in [0.5, 0.6) is 0 Å². The third-order valence-electron chi connectivity index (χ3n) is 9.66. The van der Waals surface area contributed by atoms with Gasteiger partial charge in [-0.3, -0.25) is 9.36 Å². The van der Waals surface area contributed by atoms with Crippen molar-refractivity contribution in [1.29, 1.82) is 0 Å². The first-order valence-electron chi connectivity index (χ1n) is 21.7. The van der Waals surface area contributed by atoms with Crippen LogP contribution in [0.1, 0.15) is 194 Å². The molecule has 0 aliphatic carbocycles. The van der Waals surface area contributed by atoms with Gasteiger partial charge in [-0.05, 0) is 44.9 Å². The smallest absolute Gasteiger partial charge is 0.268 e. The fraction of sp³-hybridized carbons (Fsp3) is 0.884. The van der Waals surface area contributed by atoms with Crippen molar-refractivity contribution in [3.63, 3.8) is 0 Å². The van der Waals surface area contributed by atoms with E-state index in [9.17, 15) is 19.4 Å². The van der Waals surface area contributed by atoms with Crippen LogP contribution < -0.4 is 10.2 Å². The van der Waals surface area contributed by atoms with Crippen LogP contribution in [0.3, 0.4) is 0 Å². The molecule has 3 unspecified atom stereocenters. The van der Waals surface area contributed by atoms with Crippen molar-refractivity contribution in [2.24, 2.45) is 0 Å². The molecule has 0 heterocycles. The van der Waals surface area contributed by atoms with Crippen molar-refractivity contribution in [3.05, 3.63) is 24.3 Å². The number of quaternary nitrogens is 1. The maximum Gasteiger partial charge on any atom is 0.268 e. The fourth-order valence-corrected chi connectivity index (χ4v) is 6.87. The number of amides is 1. The lowest BCUT2D eigenvalue weighted by Crippen LogP contribution is -2.45. The molecule has 0 aromatic rings. The van der Waals surface area contributed by atoms with Crippen molar-refractivity contribution >= 4 is 13.7 Å². The lowest BCUT2D eigenvalue weighted by Gasteiger charge is -2.29. The maximum absolute atomic E-state index is 12.8. The van der Waals surface area contributed by atoms with Crippen LogP contribution in [-0.2, 0) is 18.4 Å². The van der Waals surface area contributed by atoms with E-state index >= 15 is 0 Å². The zero-order valence-electron chi connectivity index (χ0n) is 34.8. The number of carbonyl (C=O) groups is 1. The number of unbranched alkanes of at least 4 members (excludes halogenated alkanes) is 24. The summed E-state index contributed by atoms with van der Waals surface area (Å²) < 4.78 is 23.2. The number of aliphatic hydroxyl groups is 1. The maximum atomic E-state index is 12.8. The molecule has 0 saturated carbocycles. The molecule has 0 rings (SSSR count). The highest BCUT2D eigenvalue weighted by molar-refractivity contribution is 7.45. The second kappa shape index (κ2) is 35.7. The van der Waals surface area contributed by atoms with Crippen LogP contribution in [0.4, 0.5) is 0 Å². The van der Waals surface area contributed by atoms with E-state index in [-0.39, 0.29) is 19.1 Å². The second-order valence-electron chi connectivity index (χ2n) is 16.0. The summed E-state index contributed by atoms with van der Waals surface area (Å²) in [6.07, 6.45) is 40.7. The first-order valence-corrected chi connectivity index (χ1v) is 23.2. The third-order valence-corrected chi connectivity index (χ3v) is 10.6. The predicted molar refractivity (Wildman–Crippen MR) is 219 cm³/mol. The normalized spacial score (nSPS) is 14.7. The van der Waals surface area contributed by atoms with Gasteiger partial charge in [-0.2, -0.15) is 0 Å². The molecule has 1 amide bonds. The summed E-state index contributed by atoms with van der Waals surface area (Å²) >= 11 is 0. The summed E-state index contributed by atoms with van der Waals surface area (Å²) in [5.74, 6) is -0.207. The molecule has 8 nitrogen and oxygen atoms in total. The molecular weight excluding hydrogens is 671 g/mol. The van der Waals surface area contributed by atoms with Crippen molar-refractivity contribution in [1.82, 2.24) is 5.32 Å². The zero-order valence-corrected chi connectivity index (χ0v) is 35.7. The van der Waals surface area contributed by atoms with Crippen molar-refractivity contribution in [2.75, 3.05) is 40.9 Å². The Hall–Kier alpha value is -1.02. The number of phosphoric ester groups is 1. The summed E-state index contributed by atoms with van der Waals surface area (Å²) in [5.41, 5.74) is 0. The highest BCUT2D eigenvalue weighted by atomic mass is 31.2. The quantitative estimate of drug-likeness (QED) is 0.0280. The van der Waals surface area contributed by atoms with Crippen LogP contribution in [0.15, 0.2) is 24.3 Å². The first-order chi connectivity index (χ1) is 25.0. The summed E-state index contributed by atoms with van der Waals surface area (Å²) in [7, 11) is 1.26. The molecule has 0 aliphatic rings. The molecule has 0 aromatic carbocycles. The summed E-state index contributed by atoms with van der Waals surface area (Å²) in [5, 5.41) is 13.8. The molecule has 0 radical (unpaired) electrons. The Bertz CT molecular complexity index is 907. The average Bonchev–Trinajstić information content (AvgIpc) is 3.09. The van der Waals surface area contributed by atoms with Gasteiger partial charge in [0.05, 0.1) is 39.9 Å². The number of likely N-dealkylation sites (N-methyl/N-ethyl adjacent to an activating group) is 1. The minimum absolute atomic E-state index is 0.00162. The molecule has 3 atom stereocenters. The topological polar surface area (TPSA) is 108 Å². The summed E-state index contributed by atoms with van der Waals surface area (Å²) in [6.45, 7) is 4.63. The van der Waals surface area contributed by atoms with Gasteiger partial charge in [0.25, 0.3) is 7.82 Å². The zero-order chi connectivity index (χ0) is 38.6. The van der Waals surface area contributed by atoms with Gasteiger partial charge < -0.3 is 28.8 Å². The molecule has 9 heteroatoms. The molecule has 2 N–H and O–H groups in total. The highest BCUT2D eigenvalue weighted by Gasteiger charge is 2.23. The third kappa shape index (κ3) is 37.3. The van der Waals surface area contributed by atoms with Gasteiger partial charge in [0.15, 0.2) is 0 Å². The lowest BCUT2D eigenvalue weighted by molar-refractivity contribution is -0.870. The molecule has 0 saturated heterocycles. The molecule has 0 spiro atoms. The minimum atomic E-state index is -4.58. The Labute approximate surface area is 322 Å². The minimum Gasteiger partial charge on any atom is -0.756 e. The van der Waals surface area contributed by atoms with E-state index in [1.165, 1.54) is 122 Å². The predicted octanol–water partition coefficient (Wildman–Crippen LogP) is 11.1. The number of hydrogen-bond acceptors (Lipinski definition) is 6. The standard InChI is InChI=1S/C43H85N2O6P/c1-6-8-10-12-14-16-18-20-22-24-26-28-30-32-34-36-42(46)41(40-51-52(48,49)50-39-38-45(3,4)5)44-43(47)37-35-33-31-29-27-25-23-21-19-17-15-13-11-9-7-2/h21,23,34,36,41-42,46H,6-20,22,24-33,35,37-40H2,1-5H3,(H-,44,47,48,49)/b23-21-,36-34+. The number of carbonyl (C=O) groups excluding carboxylic acids is 1. The Morgan fingerprint density at radius 1 is 0.654 bits per heavy atom. The van der Waals surface area contributed by atoms with Gasteiger partial charge in [0.1, 0.15) is 13.2 Å². The van der Waals surface area contributed by atoms with Crippen molar-refractivity contribution < 1.29 is 32.9 Å². The number of nitrogens with zero attached hydrogens (tertiary/aromatic N) is 1. The van der Waals surface area contributed by atoms with Crippen LogP contribution in [-0.4, -0.2) is 68.5 Å². The van der Waals surface area contributed by atoms with Gasteiger partial charge >= 0.3 is 0 Å². The SMILES string of the molecule is CCCCCCCC/C=C\CCCCCCCC(=O)NC(COP(=O)([O-])OCC[N+](C)(C)C)C(O)/C=C/CCCCCCCCCCCCCCC. The average molecular weight is 757 g/mol. The number of hydrogen-bond donors (Lipinski definition) is 2. The summed E-state index contributed by atoms with van der Waals surface area (Å²) in [4.78, 5) is 25.2. The van der Waals surface area contributed by atoms with E-state index in [4.69, 9.17) is 9.05 Å². The van der Waals surface area contributed by atoms with E-state index in [1.54, 1.807) is 6.08 Å². The Kier molecular flexibility index (Phi) is 35.0. The van der Waals surface area contributed by atoms with Crippen LogP contribution in [0.2, 0.25) is 0 Å². The Balaban J connectivity index is 4.47. The van der Waals surface area contributed by atoms with Gasteiger partial charge in [-0.25, -0.2) is 0 Å². The van der Waals surface area contributed by atoms with E-state index in [1.807, 2.05) is 27.2 Å². The van der Waals surface area contributed by atoms with E-state index in [0.717, 1.165) is 51.4 Å². The molecule has 308 valence electrons. The molecule has 0 aliphatic heterocycles. The van der Waals surface area contributed by atoms with Crippen molar-refractivity contribution in [3.8, 4) is 0 Å². The van der Waals surface area contributed by atoms with E-state index in [0.29, 0.717) is 17.4 Å². The summed E-state index contributed by atoms with van der Waals surface area (Å²) in [6, 6.07) is -0.886. The van der Waals surface area contributed by atoms with Crippen molar-refractivity contribution in [2.45, 2.75) is 206 Å². The molecule has 0 aromatic heterocycles. The Morgan fingerprint density at radius 3 is 1.50 bits per heavy atom. The molecule has 52 heavy (non-hydrogen) atoms. The van der Waals surface area contributed by atoms with E-state index < -0.39 is 20.0 Å². The molecule has 0 bridgehead atoms. The number of nitrogens with one attached hydrogen (secondary N) is 1. The lowest BCUT2D eigenvalue weighted by atomic mass is 10.0. The van der Waals surface area contributed by atoms with Gasteiger partial charge in [0, 0.05) is 6.42 Å². The fourth-order valence-electron chi connectivity index (χ4n) is 6.15. The van der Waals surface area contributed by atoms with Crippen LogP contribution in [0.25, 0.3) is 0 Å². The second-order valence-corrected chi connectivity index (χ2v) is 17.5. The van der Waals surface area contributed by atoms with Crippen LogP contribution >= 0.6 is 7.82 Å². The molecule has 0 fully saturated rings. The van der Waals surface area contributed by atoms with Crippen LogP contribution in [0, 0.1) is 0 Å². The van der Waals surface area contributed by atoms with Gasteiger partial charge in [0.2, 0.25) is 5.91 Å². The number of phosphoric acid groups is 1. The van der Waals surface area contributed by atoms with Gasteiger partial charge in [-0.1, -0.05) is 167 Å². The van der Waals surface area contributed by atoms with Gasteiger partial charge in [-0.15, -0.1) is 0 Å². The highest BCUT2D eigenvalue weighted by Crippen LogP contribution is 2.38. The first kappa shape index (κ1) is 51.0. The Morgan fingerprint density at radius 2 is 1.06 bits per heavy atom. The number of allylic oxidation sites excluding steroid dienone is 3.